The number of carbonyl (C=O) groups excluding carboxylic acids is 1. The quantitative estimate of drug-likeness (QED) is 0.199. The number of rotatable bonds is 5. The second-order valence-corrected chi connectivity index (χ2v) is 14.9. The SMILES string of the molecule is CC(C)(C)OC(=O)NC1CC(C)(F)c2cc(F)c(-c3nnc(C(C)(C)C)o3)cc2N(Cc2ccc(-c3ccc(C(F)(F)F)cn3)cc2)C1(C)O. The number of aromatic nitrogens is 3. The highest BCUT2D eigenvalue weighted by Crippen LogP contribution is 2.47. The largest absolute Gasteiger partial charge is 0.444 e. The summed E-state index contributed by atoms with van der Waals surface area (Å²) in [5.74, 6) is -0.718. The van der Waals surface area contributed by atoms with Crippen LogP contribution in [-0.4, -0.2) is 43.7 Å². The number of fused-ring (bicyclic) bond motifs is 1. The maximum Gasteiger partial charge on any atom is 0.417 e. The molecule has 4 aromatic rings. The van der Waals surface area contributed by atoms with E-state index in [2.05, 4.69) is 20.5 Å². The number of alkyl halides is 4. The molecule has 0 saturated heterocycles. The zero-order chi connectivity index (χ0) is 37.0. The summed E-state index contributed by atoms with van der Waals surface area (Å²) in [6.07, 6.45) is -5.10. The van der Waals surface area contributed by atoms with Gasteiger partial charge in [0.15, 0.2) is 5.72 Å². The molecule has 2 aromatic heterocycles. The minimum absolute atomic E-state index is 0.0779. The van der Waals surface area contributed by atoms with Gasteiger partial charge in [0.1, 0.15) is 17.1 Å². The molecule has 9 nitrogen and oxygen atoms in total. The van der Waals surface area contributed by atoms with Crippen molar-refractivity contribution in [3.8, 4) is 22.7 Å². The van der Waals surface area contributed by atoms with E-state index >= 15 is 8.78 Å². The van der Waals surface area contributed by atoms with Crippen molar-refractivity contribution in [1.82, 2.24) is 20.5 Å². The van der Waals surface area contributed by atoms with Gasteiger partial charge in [-0.15, -0.1) is 10.2 Å². The highest BCUT2D eigenvalue weighted by atomic mass is 19.4. The van der Waals surface area contributed by atoms with Gasteiger partial charge in [0.05, 0.1) is 22.9 Å². The molecular formula is C36H40F5N5O4. The number of aliphatic hydroxyl groups is 1. The molecule has 50 heavy (non-hydrogen) atoms. The maximum absolute atomic E-state index is 16.8. The summed E-state index contributed by atoms with van der Waals surface area (Å²) in [6, 6.07) is 9.97. The van der Waals surface area contributed by atoms with Crippen LogP contribution in [0.4, 0.5) is 32.4 Å². The monoisotopic (exact) mass is 701 g/mol. The number of amides is 1. The Morgan fingerprint density at radius 2 is 1.70 bits per heavy atom. The van der Waals surface area contributed by atoms with Gasteiger partial charge in [-0.3, -0.25) is 4.98 Å². The molecule has 5 rings (SSSR count). The highest BCUT2D eigenvalue weighted by Gasteiger charge is 2.50. The summed E-state index contributed by atoms with van der Waals surface area (Å²) in [5.41, 5.74) is -5.25. The van der Waals surface area contributed by atoms with E-state index in [0.29, 0.717) is 16.8 Å². The third-order valence-electron chi connectivity index (χ3n) is 8.40. The molecule has 1 aliphatic heterocycles. The van der Waals surface area contributed by atoms with Crippen LogP contribution < -0.4 is 10.2 Å². The number of hydrogen-bond donors (Lipinski definition) is 2. The number of benzene rings is 2. The molecule has 0 spiro atoms. The van der Waals surface area contributed by atoms with Crippen LogP contribution in [0.1, 0.15) is 84.4 Å². The number of nitrogens with one attached hydrogen (secondary N) is 1. The molecule has 3 heterocycles. The van der Waals surface area contributed by atoms with Crippen LogP contribution in [0.15, 0.2) is 59.1 Å². The Hall–Kier alpha value is -4.59. The maximum atomic E-state index is 16.8. The van der Waals surface area contributed by atoms with Crippen molar-refractivity contribution in [2.75, 3.05) is 4.90 Å². The Balaban J connectivity index is 1.59. The first-order chi connectivity index (χ1) is 23.0. The summed E-state index contributed by atoms with van der Waals surface area (Å²) < 4.78 is 83.1. The Bertz CT molecular complexity index is 1860. The molecule has 0 fully saturated rings. The van der Waals surface area contributed by atoms with Gasteiger partial charge in [0, 0.05) is 41.4 Å². The van der Waals surface area contributed by atoms with Crippen LogP contribution in [0.3, 0.4) is 0 Å². The number of alkyl carbamates (subject to hydrolysis) is 1. The van der Waals surface area contributed by atoms with Crippen LogP contribution in [0, 0.1) is 5.82 Å². The molecule has 0 bridgehead atoms. The van der Waals surface area contributed by atoms with E-state index in [4.69, 9.17) is 9.15 Å². The Labute approximate surface area is 286 Å². The van der Waals surface area contributed by atoms with E-state index < -0.39 is 58.5 Å². The number of halogens is 5. The van der Waals surface area contributed by atoms with Crippen LogP contribution in [0.25, 0.3) is 22.7 Å². The third kappa shape index (κ3) is 7.74. The van der Waals surface area contributed by atoms with E-state index in [1.165, 1.54) is 30.9 Å². The van der Waals surface area contributed by atoms with Gasteiger partial charge in [0.25, 0.3) is 5.89 Å². The topological polar surface area (TPSA) is 114 Å². The highest BCUT2D eigenvalue weighted by molar-refractivity contribution is 5.71. The van der Waals surface area contributed by atoms with Crippen molar-refractivity contribution in [3.63, 3.8) is 0 Å². The molecule has 2 aromatic carbocycles. The molecule has 3 unspecified atom stereocenters. The number of ether oxygens (including phenoxy) is 1. The second kappa shape index (κ2) is 12.6. The minimum atomic E-state index is -4.52. The van der Waals surface area contributed by atoms with Gasteiger partial charge in [-0.25, -0.2) is 13.6 Å². The summed E-state index contributed by atoms with van der Waals surface area (Å²) in [7, 11) is 0. The van der Waals surface area contributed by atoms with Crippen LogP contribution in [0.5, 0.6) is 0 Å². The molecule has 2 N–H and O–H groups in total. The Morgan fingerprint density at radius 3 is 2.24 bits per heavy atom. The van der Waals surface area contributed by atoms with Crippen molar-refractivity contribution >= 4 is 11.8 Å². The summed E-state index contributed by atoms with van der Waals surface area (Å²) in [5, 5.41) is 23.0. The van der Waals surface area contributed by atoms with Crippen LogP contribution >= 0.6 is 0 Å². The van der Waals surface area contributed by atoms with E-state index in [0.717, 1.165) is 18.3 Å². The van der Waals surface area contributed by atoms with E-state index in [9.17, 15) is 23.1 Å². The molecule has 0 saturated carbocycles. The zero-order valence-electron chi connectivity index (χ0n) is 29.0. The Kier molecular flexibility index (Phi) is 9.26. The molecule has 0 radical (unpaired) electrons. The lowest BCUT2D eigenvalue weighted by Crippen LogP contribution is -2.61. The molecule has 1 amide bonds. The van der Waals surface area contributed by atoms with Gasteiger partial charge >= 0.3 is 12.3 Å². The van der Waals surface area contributed by atoms with Crippen molar-refractivity contribution in [3.05, 3.63) is 83.1 Å². The lowest BCUT2D eigenvalue weighted by Gasteiger charge is -2.43. The van der Waals surface area contributed by atoms with Crippen molar-refractivity contribution < 1.29 is 41.0 Å². The summed E-state index contributed by atoms with van der Waals surface area (Å²) in [6.45, 7) is 13.1. The van der Waals surface area contributed by atoms with Crippen molar-refractivity contribution in [1.29, 1.82) is 0 Å². The first-order valence-corrected chi connectivity index (χ1v) is 15.9. The first kappa shape index (κ1) is 36.7. The average Bonchev–Trinajstić information content (AvgIpc) is 3.48. The van der Waals surface area contributed by atoms with E-state index in [1.54, 1.807) is 45.0 Å². The summed E-state index contributed by atoms with van der Waals surface area (Å²) >= 11 is 0. The number of hydrogen-bond acceptors (Lipinski definition) is 8. The molecule has 3 atom stereocenters. The lowest BCUT2D eigenvalue weighted by atomic mass is 9.88. The number of nitrogens with zero attached hydrogens (tertiary/aromatic N) is 4. The second-order valence-electron chi connectivity index (χ2n) is 14.9. The van der Waals surface area contributed by atoms with E-state index in [1.807, 2.05) is 20.8 Å². The molecular weight excluding hydrogens is 661 g/mol. The third-order valence-corrected chi connectivity index (χ3v) is 8.40. The van der Waals surface area contributed by atoms with Crippen LogP contribution in [0.2, 0.25) is 0 Å². The fourth-order valence-electron chi connectivity index (χ4n) is 5.70. The zero-order valence-corrected chi connectivity index (χ0v) is 29.0. The fraction of sp³-hybridized carbons (Fsp3) is 0.444. The van der Waals surface area contributed by atoms with Gasteiger partial charge in [-0.1, -0.05) is 45.0 Å². The van der Waals surface area contributed by atoms with Gasteiger partial charge in [-0.2, -0.15) is 13.2 Å². The predicted molar refractivity (Wildman–Crippen MR) is 176 cm³/mol. The van der Waals surface area contributed by atoms with Gasteiger partial charge in [-0.05, 0) is 64.4 Å². The van der Waals surface area contributed by atoms with Crippen molar-refractivity contribution in [2.24, 2.45) is 0 Å². The Morgan fingerprint density at radius 1 is 1.04 bits per heavy atom. The number of anilines is 1. The first-order valence-electron chi connectivity index (χ1n) is 15.9. The van der Waals surface area contributed by atoms with Gasteiger partial charge < -0.3 is 24.5 Å². The molecule has 268 valence electrons. The lowest BCUT2D eigenvalue weighted by molar-refractivity contribution is -0.137. The molecule has 0 aliphatic carbocycles. The normalized spacial score (nSPS) is 21.4. The number of carbonyl (C=O) groups is 1. The smallest absolute Gasteiger partial charge is 0.417 e. The standard InChI is InChI=1S/C36H40F5N5O4/c1-32(2,3)30-45-44-29(49-30)23-15-27-24(16-25(23)37)34(7,38)17-28(43-31(47)50-33(4,5)6)35(8,48)46(27)19-20-9-11-21(12-10-20)26-14-13-22(18-42-26)36(39,40)41/h9-16,18,28,48H,17,19H2,1-8H3,(H,43,47). The van der Waals surface area contributed by atoms with Crippen molar-refractivity contribution in [2.45, 2.75) is 103 Å². The fourth-order valence-corrected chi connectivity index (χ4v) is 5.70. The van der Waals surface area contributed by atoms with Crippen LogP contribution in [-0.2, 0) is 28.5 Å². The summed E-state index contributed by atoms with van der Waals surface area (Å²) in [4.78, 5) is 18.4. The predicted octanol–water partition coefficient (Wildman–Crippen LogP) is 8.45. The van der Waals surface area contributed by atoms with E-state index in [-0.39, 0.29) is 35.1 Å². The van der Waals surface area contributed by atoms with Gasteiger partial charge in [0.2, 0.25) is 5.89 Å². The molecule has 14 heteroatoms. The molecule has 1 aliphatic rings. The number of pyridine rings is 1. The average molecular weight is 702 g/mol. The minimum Gasteiger partial charge on any atom is -0.444 e.